The Morgan fingerprint density at radius 1 is 1.50 bits per heavy atom. The molecule has 2 saturated heterocycles. The molecule has 0 unspecified atom stereocenters. The highest BCUT2D eigenvalue weighted by molar-refractivity contribution is 7.12. The van der Waals surface area contributed by atoms with E-state index < -0.39 is 0 Å². The van der Waals surface area contributed by atoms with E-state index >= 15 is 0 Å². The number of piperazine rings is 1. The zero-order valence-electron chi connectivity index (χ0n) is 9.47. The number of nitrogens with zero attached hydrogens (tertiary/aromatic N) is 2. The molecular formula is C11H11ClN2O3S. The van der Waals surface area contributed by atoms with Crippen LogP contribution in [0.2, 0.25) is 5.02 Å². The van der Waals surface area contributed by atoms with E-state index in [1.165, 1.54) is 11.3 Å². The minimum Gasteiger partial charge on any atom is -0.447 e. The van der Waals surface area contributed by atoms with Crippen molar-refractivity contribution in [2.75, 3.05) is 26.2 Å². The molecule has 0 radical (unpaired) electrons. The molecule has 0 aromatic carbocycles. The van der Waals surface area contributed by atoms with E-state index in [9.17, 15) is 9.59 Å². The molecular weight excluding hydrogens is 276 g/mol. The smallest absolute Gasteiger partial charge is 0.410 e. The number of fused-ring (bicyclic) bond motifs is 1. The molecule has 1 atom stereocenters. The molecule has 0 saturated carbocycles. The van der Waals surface area contributed by atoms with Gasteiger partial charge in [-0.05, 0) is 11.4 Å². The summed E-state index contributed by atoms with van der Waals surface area (Å²) in [6.45, 7) is 1.93. The van der Waals surface area contributed by atoms with E-state index in [2.05, 4.69) is 0 Å². The highest BCUT2D eigenvalue weighted by Crippen LogP contribution is 2.26. The zero-order valence-corrected chi connectivity index (χ0v) is 11.0. The lowest BCUT2D eigenvalue weighted by Crippen LogP contribution is -2.53. The highest BCUT2D eigenvalue weighted by Gasteiger charge is 2.39. The molecule has 2 fully saturated rings. The van der Waals surface area contributed by atoms with Crippen LogP contribution in [0.1, 0.15) is 9.67 Å². The molecule has 5 nitrogen and oxygen atoms in total. The van der Waals surface area contributed by atoms with E-state index in [1.807, 2.05) is 0 Å². The fourth-order valence-electron chi connectivity index (χ4n) is 2.26. The third-order valence-electron chi connectivity index (χ3n) is 3.22. The quantitative estimate of drug-likeness (QED) is 0.789. The first-order chi connectivity index (χ1) is 8.66. The van der Waals surface area contributed by atoms with Crippen LogP contribution in [0.25, 0.3) is 0 Å². The van der Waals surface area contributed by atoms with Crippen LogP contribution >= 0.6 is 22.9 Å². The maximum absolute atomic E-state index is 12.3. The summed E-state index contributed by atoms with van der Waals surface area (Å²) in [7, 11) is 0. The molecule has 2 amide bonds. The number of carbonyl (C=O) groups excluding carboxylic acids is 2. The SMILES string of the molecule is O=C(c1sccc1Cl)N1CCN2C(=O)OC[C@H]2C1. The lowest BCUT2D eigenvalue weighted by atomic mass is 10.2. The van der Waals surface area contributed by atoms with Gasteiger partial charge in [0.25, 0.3) is 5.91 Å². The molecule has 0 bridgehead atoms. The number of hydrogen-bond donors (Lipinski definition) is 0. The van der Waals surface area contributed by atoms with Crippen LogP contribution in [0.3, 0.4) is 0 Å². The second kappa shape index (κ2) is 4.44. The number of halogens is 1. The Bertz CT molecular complexity index is 504. The van der Waals surface area contributed by atoms with Gasteiger partial charge in [0, 0.05) is 19.6 Å². The standard InChI is InChI=1S/C11H11ClN2O3S/c12-8-1-4-18-9(8)10(15)13-2-3-14-7(5-13)6-17-11(14)16/h1,4,7H,2-3,5-6H2/t7-/m1/s1. The largest absolute Gasteiger partial charge is 0.447 e. The molecule has 7 heteroatoms. The Hall–Kier alpha value is -1.27. The van der Waals surface area contributed by atoms with Crippen molar-refractivity contribution < 1.29 is 14.3 Å². The minimum absolute atomic E-state index is 0.0195. The lowest BCUT2D eigenvalue weighted by molar-refractivity contribution is 0.0622. The number of thiophene rings is 1. The molecule has 3 heterocycles. The Balaban J connectivity index is 1.74. The topological polar surface area (TPSA) is 49.9 Å². The summed E-state index contributed by atoms with van der Waals surface area (Å²) < 4.78 is 4.97. The number of carbonyl (C=O) groups is 2. The lowest BCUT2D eigenvalue weighted by Gasteiger charge is -2.35. The van der Waals surface area contributed by atoms with Crippen LogP contribution in [-0.2, 0) is 4.74 Å². The van der Waals surface area contributed by atoms with Crippen molar-refractivity contribution in [2.24, 2.45) is 0 Å². The maximum Gasteiger partial charge on any atom is 0.410 e. The van der Waals surface area contributed by atoms with E-state index in [0.29, 0.717) is 36.1 Å². The highest BCUT2D eigenvalue weighted by atomic mass is 35.5. The van der Waals surface area contributed by atoms with E-state index in [1.54, 1.807) is 21.2 Å². The molecule has 0 spiro atoms. The Labute approximate surface area is 113 Å². The first-order valence-corrected chi connectivity index (χ1v) is 6.88. The summed E-state index contributed by atoms with van der Waals surface area (Å²) in [5.74, 6) is -0.0611. The van der Waals surface area contributed by atoms with Gasteiger partial charge in [-0.3, -0.25) is 9.69 Å². The predicted octanol–water partition coefficient (Wildman–Crippen LogP) is 1.68. The average molecular weight is 287 g/mol. The van der Waals surface area contributed by atoms with Crippen LogP contribution in [0.15, 0.2) is 11.4 Å². The van der Waals surface area contributed by atoms with Crippen molar-refractivity contribution in [3.05, 3.63) is 21.3 Å². The molecule has 2 aliphatic heterocycles. The molecule has 1 aromatic rings. The third kappa shape index (κ3) is 1.85. The van der Waals surface area contributed by atoms with Crippen LogP contribution in [0, 0.1) is 0 Å². The molecule has 3 rings (SSSR count). The van der Waals surface area contributed by atoms with Gasteiger partial charge in [-0.25, -0.2) is 4.79 Å². The van der Waals surface area contributed by atoms with Gasteiger partial charge in [-0.2, -0.15) is 0 Å². The number of hydrogen-bond acceptors (Lipinski definition) is 4. The molecule has 96 valence electrons. The van der Waals surface area contributed by atoms with Gasteiger partial charge < -0.3 is 9.64 Å². The van der Waals surface area contributed by atoms with Crippen molar-refractivity contribution in [3.8, 4) is 0 Å². The van der Waals surface area contributed by atoms with Gasteiger partial charge in [-0.1, -0.05) is 11.6 Å². The summed E-state index contributed by atoms with van der Waals surface area (Å²) in [5, 5.41) is 2.29. The second-order valence-electron chi connectivity index (χ2n) is 4.27. The van der Waals surface area contributed by atoms with E-state index in [0.717, 1.165) is 0 Å². The predicted molar refractivity (Wildman–Crippen MR) is 67.1 cm³/mol. The molecule has 18 heavy (non-hydrogen) atoms. The minimum atomic E-state index is -0.277. The fourth-order valence-corrected chi connectivity index (χ4v) is 3.37. The first kappa shape index (κ1) is 11.8. The summed E-state index contributed by atoms with van der Waals surface area (Å²) >= 11 is 7.30. The Kier molecular flexibility index (Phi) is 2.91. The van der Waals surface area contributed by atoms with E-state index in [-0.39, 0.29) is 18.0 Å². The van der Waals surface area contributed by atoms with Crippen molar-refractivity contribution in [1.29, 1.82) is 0 Å². The van der Waals surface area contributed by atoms with Crippen LogP contribution in [-0.4, -0.2) is 54.1 Å². The van der Waals surface area contributed by atoms with E-state index in [4.69, 9.17) is 16.3 Å². The van der Waals surface area contributed by atoms with Gasteiger partial charge in [0.15, 0.2) is 0 Å². The number of ether oxygens (including phenoxy) is 1. The Morgan fingerprint density at radius 2 is 2.33 bits per heavy atom. The van der Waals surface area contributed by atoms with Crippen LogP contribution in [0.4, 0.5) is 4.79 Å². The van der Waals surface area contributed by atoms with Gasteiger partial charge in [-0.15, -0.1) is 11.3 Å². The molecule has 0 N–H and O–H groups in total. The summed E-state index contributed by atoms with van der Waals surface area (Å²) in [4.78, 5) is 27.6. The van der Waals surface area contributed by atoms with Crippen molar-refractivity contribution >= 4 is 34.9 Å². The van der Waals surface area contributed by atoms with Crippen molar-refractivity contribution in [1.82, 2.24) is 9.80 Å². The van der Waals surface area contributed by atoms with Gasteiger partial charge in [0.05, 0.1) is 11.1 Å². The fraction of sp³-hybridized carbons (Fsp3) is 0.455. The number of cyclic esters (lactones) is 1. The van der Waals surface area contributed by atoms with Crippen molar-refractivity contribution in [3.63, 3.8) is 0 Å². The summed E-state index contributed by atoms with van der Waals surface area (Å²) in [6.07, 6.45) is -0.277. The normalized spacial score (nSPS) is 22.9. The monoisotopic (exact) mass is 286 g/mol. The number of amides is 2. The third-order valence-corrected chi connectivity index (χ3v) is 4.54. The number of rotatable bonds is 1. The first-order valence-electron chi connectivity index (χ1n) is 5.62. The molecule has 1 aromatic heterocycles. The summed E-state index contributed by atoms with van der Waals surface area (Å²) in [6, 6.07) is 1.70. The van der Waals surface area contributed by atoms with Crippen LogP contribution in [0.5, 0.6) is 0 Å². The average Bonchev–Trinajstić information content (AvgIpc) is 2.95. The van der Waals surface area contributed by atoms with Gasteiger partial charge >= 0.3 is 6.09 Å². The summed E-state index contributed by atoms with van der Waals surface area (Å²) in [5.41, 5.74) is 0. The van der Waals surface area contributed by atoms with Crippen LogP contribution < -0.4 is 0 Å². The maximum atomic E-state index is 12.3. The zero-order chi connectivity index (χ0) is 12.7. The van der Waals surface area contributed by atoms with Gasteiger partial charge in [0.2, 0.25) is 0 Å². The Morgan fingerprint density at radius 3 is 3.06 bits per heavy atom. The second-order valence-corrected chi connectivity index (χ2v) is 5.60. The van der Waals surface area contributed by atoms with Gasteiger partial charge in [0.1, 0.15) is 11.5 Å². The van der Waals surface area contributed by atoms with Crippen molar-refractivity contribution in [2.45, 2.75) is 6.04 Å². The molecule has 0 aliphatic carbocycles. The molecule has 2 aliphatic rings.